The minimum Gasteiger partial charge on any atom is -0.403 e. The minimum atomic E-state index is -1.55. The summed E-state index contributed by atoms with van der Waals surface area (Å²) in [5.74, 6) is 1.00. The van der Waals surface area contributed by atoms with Crippen LogP contribution in [0.1, 0.15) is 26.7 Å². The van der Waals surface area contributed by atoms with Gasteiger partial charge in [0.25, 0.3) is 0 Å². The number of hydrogen-bond donors (Lipinski definition) is 1. The summed E-state index contributed by atoms with van der Waals surface area (Å²) in [5.41, 5.74) is 1.39. The molecule has 0 bridgehead atoms. The maximum absolute atomic E-state index is 9.06. The van der Waals surface area contributed by atoms with Gasteiger partial charge in [-0.15, -0.1) is 11.8 Å². The molecule has 0 aliphatic heterocycles. The largest absolute Gasteiger partial charge is 0.403 e. The normalized spacial score (nSPS) is 33.6. The summed E-state index contributed by atoms with van der Waals surface area (Å²) in [6, 6.07) is 0. The molecule has 0 saturated heterocycles. The zero-order chi connectivity index (χ0) is 14.0. The van der Waals surface area contributed by atoms with Gasteiger partial charge in [0.1, 0.15) is 4.93 Å². The van der Waals surface area contributed by atoms with E-state index in [1.807, 2.05) is 17.8 Å². The quantitative estimate of drug-likeness (QED) is 0.483. The van der Waals surface area contributed by atoms with Crippen molar-refractivity contribution in [3.63, 3.8) is 0 Å². The molecule has 2 nitrogen and oxygen atoms in total. The summed E-state index contributed by atoms with van der Waals surface area (Å²) in [4.78, 5) is -0.0444. The molecule has 18 heavy (non-hydrogen) atoms. The highest BCUT2D eigenvalue weighted by molar-refractivity contribution is 7.99. The van der Waals surface area contributed by atoms with E-state index in [0.29, 0.717) is 11.8 Å². The molecule has 1 aliphatic rings. The molecule has 1 saturated carbocycles. The minimum absolute atomic E-state index is 0.0444. The van der Waals surface area contributed by atoms with Crippen molar-refractivity contribution in [1.29, 1.82) is 0 Å². The average molecular weight is 289 g/mol. The van der Waals surface area contributed by atoms with E-state index in [1.165, 1.54) is 5.57 Å². The molecule has 1 rings (SSSR count). The summed E-state index contributed by atoms with van der Waals surface area (Å²) >= 11 is 1.88. The zero-order valence-corrected chi connectivity index (χ0v) is 14.4. The Balaban J connectivity index is 2.96. The predicted octanol–water partition coefficient (Wildman–Crippen LogP) is 3.88. The van der Waals surface area contributed by atoms with E-state index in [1.54, 1.807) is 0 Å². The van der Waals surface area contributed by atoms with Gasteiger partial charge in [-0.1, -0.05) is 25.5 Å². The van der Waals surface area contributed by atoms with Gasteiger partial charge in [0.2, 0.25) is 0 Å². The second-order valence-corrected chi connectivity index (χ2v) is 11.9. The second kappa shape index (κ2) is 6.12. The van der Waals surface area contributed by atoms with Crippen LogP contribution >= 0.6 is 11.8 Å². The number of rotatable bonds is 4. The Labute approximate surface area is 117 Å². The van der Waals surface area contributed by atoms with Crippen molar-refractivity contribution in [2.24, 2.45) is 11.8 Å². The molecule has 4 heteroatoms. The average Bonchev–Trinajstić information content (AvgIpc) is 2.22. The van der Waals surface area contributed by atoms with Crippen molar-refractivity contribution in [3.8, 4) is 0 Å². The Kier molecular flexibility index (Phi) is 5.53. The molecule has 106 valence electrons. The van der Waals surface area contributed by atoms with Crippen molar-refractivity contribution in [2.75, 3.05) is 12.9 Å². The fourth-order valence-electron chi connectivity index (χ4n) is 3.06. The molecule has 0 unspecified atom stereocenters. The highest BCUT2D eigenvalue weighted by atomic mass is 32.2. The molecular formula is C14H28O2SSi. The fraction of sp³-hybridized carbons (Fsp3) is 0.857. The highest BCUT2D eigenvalue weighted by Gasteiger charge is 2.47. The molecule has 0 spiro atoms. The van der Waals surface area contributed by atoms with Crippen LogP contribution in [-0.4, -0.2) is 31.2 Å². The molecule has 0 aromatic carbocycles. The van der Waals surface area contributed by atoms with E-state index in [-0.39, 0.29) is 11.5 Å². The Morgan fingerprint density at radius 2 is 1.83 bits per heavy atom. The van der Waals surface area contributed by atoms with Gasteiger partial charge in [-0.25, -0.2) is 0 Å². The van der Waals surface area contributed by atoms with Crippen LogP contribution in [0, 0.1) is 11.8 Å². The van der Waals surface area contributed by atoms with Crippen LogP contribution in [0.3, 0.4) is 0 Å². The summed E-state index contributed by atoms with van der Waals surface area (Å²) in [5, 5.41) is 9.06. The van der Waals surface area contributed by atoms with Gasteiger partial charge in [0.05, 0.1) is 6.61 Å². The van der Waals surface area contributed by atoms with Crippen LogP contribution in [0.5, 0.6) is 0 Å². The molecule has 1 fully saturated rings. The SMILES string of the molecule is CSC1(O[Si](C)(C)C)[C@H](C)CC(=CCO)C[C@H]1C. The lowest BCUT2D eigenvalue weighted by molar-refractivity contribution is 0.0315. The van der Waals surface area contributed by atoms with Crippen LogP contribution in [0.15, 0.2) is 11.6 Å². The predicted molar refractivity (Wildman–Crippen MR) is 83.4 cm³/mol. The summed E-state index contributed by atoms with van der Waals surface area (Å²) in [7, 11) is -1.55. The third-order valence-electron chi connectivity index (χ3n) is 3.68. The molecule has 2 atom stereocenters. The maximum Gasteiger partial charge on any atom is 0.185 e. The van der Waals surface area contributed by atoms with E-state index >= 15 is 0 Å². The highest BCUT2D eigenvalue weighted by Crippen LogP contribution is 2.50. The van der Waals surface area contributed by atoms with E-state index in [9.17, 15) is 0 Å². The lowest BCUT2D eigenvalue weighted by Gasteiger charge is -2.50. The van der Waals surface area contributed by atoms with Gasteiger partial charge in [0.15, 0.2) is 8.32 Å². The zero-order valence-electron chi connectivity index (χ0n) is 12.6. The first-order valence-corrected chi connectivity index (χ1v) is 11.4. The van der Waals surface area contributed by atoms with Gasteiger partial charge >= 0.3 is 0 Å². The van der Waals surface area contributed by atoms with Crippen molar-refractivity contribution in [2.45, 2.75) is 51.3 Å². The van der Waals surface area contributed by atoms with Crippen LogP contribution in [0.25, 0.3) is 0 Å². The van der Waals surface area contributed by atoms with E-state index < -0.39 is 8.32 Å². The van der Waals surface area contributed by atoms with Crippen LogP contribution in [0.2, 0.25) is 19.6 Å². The second-order valence-electron chi connectivity index (χ2n) is 6.40. The monoisotopic (exact) mass is 288 g/mol. The first kappa shape index (κ1) is 16.3. The Morgan fingerprint density at radius 3 is 2.17 bits per heavy atom. The van der Waals surface area contributed by atoms with Crippen molar-refractivity contribution in [3.05, 3.63) is 11.6 Å². The molecule has 1 aliphatic carbocycles. The topological polar surface area (TPSA) is 29.5 Å². The maximum atomic E-state index is 9.06. The molecule has 0 aromatic rings. The van der Waals surface area contributed by atoms with Crippen molar-refractivity contribution in [1.82, 2.24) is 0 Å². The number of aliphatic hydroxyl groups is 1. The van der Waals surface area contributed by atoms with Crippen LogP contribution < -0.4 is 0 Å². The molecule has 0 heterocycles. The molecule has 0 aromatic heterocycles. The lowest BCUT2D eigenvalue weighted by atomic mass is 9.77. The van der Waals surface area contributed by atoms with Gasteiger partial charge < -0.3 is 9.53 Å². The third-order valence-corrected chi connectivity index (χ3v) is 6.30. The van der Waals surface area contributed by atoms with Crippen molar-refractivity contribution >= 4 is 20.1 Å². The molecule has 1 N–H and O–H groups in total. The number of hydrogen-bond acceptors (Lipinski definition) is 3. The first-order valence-electron chi connectivity index (χ1n) is 6.79. The fourth-order valence-corrected chi connectivity index (χ4v) is 6.47. The van der Waals surface area contributed by atoms with Crippen molar-refractivity contribution < 1.29 is 9.53 Å². The molecule has 0 amide bonds. The Bertz CT molecular complexity index is 295. The smallest absolute Gasteiger partial charge is 0.185 e. The molecular weight excluding hydrogens is 260 g/mol. The Morgan fingerprint density at radius 1 is 1.33 bits per heavy atom. The van der Waals surface area contributed by atoms with E-state index in [2.05, 4.69) is 39.7 Å². The summed E-state index contributed by atoms with van der Waals surface area (Å²) in [6.45, 7) is 11.5. The number of allylic oxidation sites excluding steroid dienone is 1. The van der Waals surface area contributed by atoms with Gasteiger partial charge in [-0.3, -0.25) is 0 Å². The summed E-state index contributed by atoms with van der Waals surface area (Å²) < 4.78 is 6.58. The Hall–Kier alpha value is 0.227. The van der Waals surface area contributed by atoms with Crippen LogP contribution in [-0.2, 0) is 4.43 Å². The van der Waals surface area contributed by atoms with Gasteiger partial charge in [0, 0.05) is 0 Å². The first-order chi connectivity index (χ1) is 8.25. The lowest BCUT2D eigenvalue weighted by Crippen LogP contribution is -2.51. The number of thioether (sulfide) groups is 1. The van der Waals surface area contributed by atoms with Crippen LogP contribution in [0.4, 0.5) is 0 Å². The number of aliphatic hydroxyl groups excluding tert-OH is 1. The standard InChI is InChI=1S/C14H28O2SSi/c1-11-9-13(7-8-15)10-12(2)14(11,17-3)16-18(4,5)6/h7,11-12,15H,8-10H2,1-6H3/t11-,12-,14?/m1/s1. The van der Waals surface area contributed by atoms with Gasteiger partial charge in [-0.05, 0) is 50.6 Å². The molecule has 0 radical (unpaired) electrons. The van der Waals surface area contributed by atoms with E-state index in [4.69, 9.17) is 9.53 Å². The van der Waals surface area contributed by atoms with E-state index in [0.717, 1.165) is 12.8 Å². The third kappa shape index (κ3) is 3.62. The van der Waals surface area contributed by atoms with Gasteiger partial charge in [-0.2, -0.15) is 0 Å². The summed E-state index contributed by atoms with van der Waals surface area (Å²) in [6.07, 6.45) is 6.26.